The number of hydrogen-bond acceptors (Lipinski definition) is 5. The molecule has 1 heterocycles. The number of halogens is 2. The Hall–Kier alpha value is -1.59. The first kappa shape index (κ1) is 13.4. The third-order valence-electron chi connectivity index (χ3n) is 3.10. The molecule has 0 saturated heterocycles. The van der Waals surface area contributed by atoms with Crippen LogP contribution in [0.25, 0.3) is 0 Å². The molecular weight excluding hydrogens is 301 g/mol. The number of hydrogen-bond donors (Lipinski definition) is 0. The van der Waals surface area contributed by atoms with Gasteiger partial charge in [-0.1, -0.05) is 39.6 Å². The minimum Gasteiger partial charge on any atom is -0.391 e. The van der Waals surface area contributed by atoms with Crippen molar-refractivity contribution in [3.05, 3.63) is 45.2 Å². The topological polar surface area (TPSA) is 60.5 Å². The Kier molecular flexibility index (Phi) is 3.89. The van der Waals surface area contributed by atoms with Crippen molar-refractivity contribution in [2.45, 2.75) is 25.9 Å². The molecule has 104 valence electrons. The Labute approximate surface area is 125 Å². The highest BCUT2D eigenvalue weighted by molar-refractivity contribution is 6.35. The lowest BCUT2D eigenvalue weighted by atomic mass is 9.99. The molecular formula is C13H11Cl2N3O2. The van der Waals surface area contributed by atoms with Crippen LogP contribution in [0.4, 0.5) is 0 Å². The van der Waals surface area contributed by atoms with Crippen LogP contribution in [-0.4, -0.2) is 16.0 Å². The summed E-state index contributed by atoms with van der Waals surface area (Å²) in [6.07, 6.45) is 2.60. The second kappa shape index (κ2) is 5.81. The zero-order chi connectivity index (χ0) is 13.9. The maximum absolute atomic E-state index is 6.06. The van der Waals surface area contributed by atoms with Gasteiger partial charge in [-0.15, -0.1) is 0 Å². The molecule has 0 bridgehead atoms. The van der Waals surface area contributed by atoms with Gasteiger partial charge in [-0.3, -0.25) is 0 Å². The van der Waals surface area contributed by atoms with Gasteiger partial charge in [0.1, 0.15) is 18.0 Å². The van der Waals surface area contributed by atoms with Crippen LogP contribution in [0.15, 0.2) is 28.0 Å². The molecule has 0 amide bonds. The van der Waals surface area contributed by atoms with Crippen molar-refractivity contribution in [3.8, 4) is 0 Å². The van der Waals surface area contributed by atoms with E-state index in [1.54, 1.807) is 18.2 Å². The van der Waals surface area contributed by atoms with Crippen molar-refractivity contribution in [1.82, 2.24) is 10.3 Å². The van der Waals surface area contributed by atoms with E-state index in [0.717, 1.165) is 36.2 Å². The van der Waals surface area contributed by atoms with Crippen molar-refractivity contribution in [1.29, 1.82) is 0 Å². The van der Waals surface area contributed by atoms with Crippen LogP contribution < -0.4 is 0 Å². The van der Waals surface area contributed by atoms with E-state index < -0.39 is 0 Å². The second-order valence-corrected chi connectivity index (χ2v) is 5.24. The molecule has 0 spiro atoms. The van der Waals surface area contributed by atoms with Crippen molar-refractivity contribution in [2.24, 2.45) is 5.16 Å². The Bertz CT molecular complexity index is 635. The maximum Gasteiger partial charge on any atom is 0.155 e. The minimum atomic E-state index is 0.211. The molecule has 1 aliphatic carbocycles. The molecule has 20 heavy (non-hydrogen) atoms. The zero-order valence-corrected chi connectivity index (χ0v) is 12.0. The van der Waals surface area contributed by atoms with Gasteiger partial charge >= 0.3 is 0 Å². The van der Waals surface area contributed by atoms with Gasteiger partial charge in [0.05, 0.1) is 0 Å². The standard InChI is InChI=1S/C13H11Cl2N3O2/c14-9-3-1-4-10(15)8(9)7-19-16-11-5-2-6-12-13(11)18-20-17-12/h1,3-4H,2,5-7H2/b16-11-. The quantitative estimate of drug-likeness (QED) is 0.812. The summed E-state index contributed by atoms with van der Waals surface area (Å²) < 4.78 is 4.72. The van der Waals surface area contributed by atoms with Crippen molar-refractivity contribution < 1.29 is 9.47 Å². The third kappa shape index (κ3) is 2.64. The van der Waals surface area contributed by atoms with Gasteiger partial charge in [-0.25, -0.2) is 4.63 Å². The molecule has 0 N–H and O–H groups in total. The van der Waals surface area contributed by atoms with Crippen molar-refractivity contribution in [3.63, 3.8) is 0 Å². The number of nitrogens with zero attached hydrogens (tertiary/aromatic N) is 3. The SMILES string of the molecule is Clc1cccc(Cl)c1CO/N=C1/CCCc2nonc21. The van der Waals surface area contributed by atoms with E-state index in [2.05, 4.69) is 15.5 Å². The lowest BCUT2D eigenvalue weighted by molar-refractivity contribution is 0.130. The van der Waals surface area contributed by atoms with Gasteiger partial charge in [-0.05, 0) is 36.6 Å². The Morgan fingerprint density at radius 3 is 2.80 bits per heavy atom. The number of rotatable bonds is 3. The minimum absolute atomic E-state index is 0.211. The molecule has 1 aromatic carbocycles. The molecule has 0 fully saturated rings. The molecule has 0 aliphatic heterocycles. The van der Waals surface area contributed by atoms with Crippen LogP contribution in [0.2, 0.25) is 10.0 Å². The molecule has 0 saturated carbocycles. The maximum atomic E-state index is 6.06. The average molecular weight is 312 g/mol. The Morgan fingerprint density at radius 2 is 2.00 bits per heavy atom. The summed E-state index contributed by atoms with van der Waals surface area (Å²) >= 11 is 12.1. The highest BCUT2D eigenvalue weighted by Gasteiger charge is 2.21. The van der Waals surface area contributed by atoms with Gasteiger partial charge in [0.15, 0.2) is 5.69 Å². The van der Waals surface area contributed by atoms with Crippen LogP contribution in [0.1, 0.15) is 29.8 Å². The number of fused-ring (bicyclic) bond motifs is 1. The van der Waals surface area contributed by atoms with Gasteiger partial charge in [0, 0.05) is 15.6 Å². The number of aryl methyl sites for hydroxylation is 1. The molecule has 1 aliphatic rings. The highest BCUT2D eigenvalue weighted by atomic mass is 35.5. The smallest absolute Gasteiger partial charge is 0.155 e. The fraction of sp³-hybridized carbons (Fsp3) is 0.308. The molecule has 0 unspecified atom stereocenters. The lowest BCUT2D eigenvalue weighted by Crippen LogP contribution is -2.12. The summed E-state index contributed by atoms with van der Waals surface area (Å²) in [4.78, 5) is 5.36. The molecule has 2 aromatic rings. The van der Waals surface area contributed by atoms with Crippen LogP contribution in [0, 0.1) is 0 Å². The highest BCUT2D eigenvalue weighted by Crippen LogP contribution is 2.25. The van der Waals surface area contributed by atoms with E-state index in [4.69, 9.17) is 32.7 Å². The monoisotopic (exact) mass is 311 g/mol. The van der Waals surface area contributed by atoms with Crippen LogP contribution in [-0.2, 0) is 17.9 Å². The Balaban J connectivity index is 1.73. The summed E-state index contributed by atoms with van der Waals surface area (Å²) in [5.74, 6) is 0. The average Bonchev–Trinajstić information content (AvgIpc) is 2.91. The van der Waals surface area contributed by atoms with E-state index >= 15 is 0 Å². The van der Waals surface area contributed by atoms with Gasteiger partial charge < -0.3 is 4.84 Å². The predicted molar refractivity (Wildman–Crippen MR) is 75.0 cm³/mol. The van der Waals surface area contributed by atoms with Crippen LogP contribution >= 0.6 is 23.2 Å². The fourth-order valence-electron chi connectivity index (χ4n) is 2.07. The number of benzene rings is 1. The van der Waals surface area contributed by atoms with E-state index in [9.17, 15) is 0 Å². The summed E-state index contributed by atoms with van der Waals surface area (Å²) in [5.41, 5.74) is 2.97. The Morgan fingerprint density at radius 1 is 1.20 bits per heavy atom. The van der Waals surface area contributed by atoms with Gasteiger partial charge in [0.25, 0.3) is 0 Å². The second-order valence-electron chi connectivity index (χ2n) is 4.42. The predicted octanol–water partition coefficient (Wildman–Crippen LogP) is 3.63. The molecule has 5 nitrogen and oxygen atoms in total. The summed E-state index contributed by atoms with van der Waals surface area (Å²) in [5, 5.41) is 12.9. The van der Waals surface area contributed by atoms with Crippen molar-refractivity contribution in [2.75, 3.05) is 0 Å². The molecule has 0 atom stereocenters. The number of oxime groups is 1. The third-order valence-corrected chi connectivity index (χ3v) is 3.81. The van der Waals surface area contributed by atoms with E-state index in [1.807, 2.05) is 0 Å². The normalized spacial score (nSPS) is 16.2. The first-order valence-corrected chi connectivity index (χ1v) is 6.95. The van der Waals surface area contributed by atoms with E-state index in [-0.39, 0.29) is 6.61 Å². The molecule has 7 heteroatoms. The fourth-order valence-corrected chi connectivity index (χ4v) is 2.57. The molecule has 0 radical (unpaired) electrons. The largest absolute Gasteiger partial charge is 0.391 e. The lowest BCUT2D eigenvalue weighted by Gasteiger charge is -2.10. The summed E-state index contributed by atoms with van der Waals surface area (Å²) in [6.45, 7) is 0.211. The van der Waals surface area contributed by atoms with Crippen molar-refractivity contribution >= 4 is 28.9 Å². The van der Waals surface area contributed by atoms with E-state index in [1.165, 1.54) is 0 Å². The summed E-state index contributed by atoms with van der Waals surface area (Å²) in [7, 11) is 0. The summed E-state index contributed by atoms with van der Waals surface area (Å²) in [6, 6.07) is 5.31. The van der Waals surface area contributed by atoms with Gasteiger partial charge in [-0.2, -0.15) is 0 Å². The number of aromatic nitrogens is 2. The zero-order valence-electron chi connectivity index (χ0n) is 10.5. The first-order chi connectivity index (χ1) is 9.75. The molecule has 1 aromatic heterocycles. The van der Waals surface area contributed by atoms with Gasteiger partial charge in [0.2, 0.25) is 0 Å². The van der Waals surface area contributed by atoms with Crippen LogP contribution in [0.5, 0.6) is 0 Å². The van der Waals surface area contributed by atoms with Crippen LogP contribution in [0.3, 0.4) is 0 Å². The first-order valence-electron chi connectivity index (χ1n) is 6.19. The molecule has 3 rings (SSSR count). The van der Waals surface area contributed by atoms with E-state index in [0.29, 0.717) is 15.7 Å².